The van der Waals surface area contributed by atoms with Crippen LogP contribution >= 0.6 is 0 Å². The normalized spacial score (nSPS) is 13.5. The fraction of sp³-hybridized carbons (Fsp3) is 0.355. The quantitative estimate of drug-likeness (QED) is 0.269. The molecule has 0 amide bonds. The Kier molecular flexibility index (Phi) is 8.70. The first kappa shape index (κ1) is 27.2. The van der Waals surface area contributed by atoms with Gasteiger partial charge in [0, 0.05) is 16.7 Å². The summed E-state index contributed by atoms with van der Waals surface area (Å²) >= 11 is 0. The van der Waals surface area contributed by atoms with Crippen molar-refractivity contribution in [2.24, 2.45) is 10.8 Å². The molecule has 3 aromatic carbocycles. The SMILES string of the molecule is CCC(C)(CC(C)(C)C(=O)OCCO)C(=O)OC(c1ccccc1)(c1ccccc1)c1ccccc1. The molecule has 1 unspecified atom stereocenters. The number of rotatable bonds is 11. The molecule has 36 heavy (non-hydrogen) atoms. The number of aliphatic hydroxyl groups is 1. The molecule has 190 valence electrons. The summed E-state index contributed by atoms with van der Waals surface area (Å²) in [5.41, 5.74) is -0.611. The molecule has 0 heterocycles. The molecule has 0 saturated heterocycles. The topological polar surface area (TPSA) is 72.8 Å². The lowest BCUT2D eigenvalue weighted by Gasteiger charge is -2.40. The summed E-state index contributed by atoms with van der Waals surface area (Å²) in [6.45, 7) is 6.95. The fourth-order valence-electron chi connectivity index (χ4n) is 4.68. The standard InChI is InChI=1S/C31H36O5/c1-5-30(4,23-29(2,3)27(33)35-22-21-32)28(34)36-31(24-15-9-6-10-16-24,25-17-11-7-12-18-25)26-19-13-8-14-20-26/h6-20,32H,5,21-23H2,1-4H3. The summed E-state index contributed by atoms with van der Waals surface area (Å²) in [4.78, 5) is 26.8. The average Bonchev–Trinajstić information content (AvgIpc) is 2.91. The van der Waals surface area contributed by atoms with E-state index in [0.717, 1.165) is 16.7 Å². The van der Waals surface area contributed by atoms with Crippen molar-refractivity contribution >= 4 is 11.9 Å². The zero-order valence-electron chi connectivity index (χ0n) is 21.6. The molecule has 3 aromatic rings. The summed E-state index contributed by atoms with van der Waals surface area (Å²) in [7, 11) is 0. The van der Waals surface area contributed by atoms with Gasteiger partial charge in [-0.3, -0.25) is 9.59 Å². The van der Waals surface area contributed by atoms with Crippen LogP contribution < -0.4 is 0 Å². The third-order valence-corrected chi connectivity index (χ3v) is 6.77. The minimum Gasteiger partial charge on any atom is -0.463 e. The maximum atomic E-state index is 14.1. The summed E-state index contributed by atoms with van der Waals surface area (Å²) < 4.78 is 11.8. The van der Waals surface area contributed by atoms with Crippen LogP contribution in [0.4, 0.5) is 0 Å². The van der Waals surface area contributed by atoms with Crippen LogP contribution in [-0.4, -0.2) is 30.3 Å². The summed E-state index contributed by atoms with van der Waals surface area (Å²) in [6, 6.07) is 29.2. The van der Waals surface area contributed by atoms with E-state index < -0.39 is 28.4 Å². The van der Waals surface area contributed by atoms with Gasteiger partial charge in [-0.1, -0.05) is 97.9 Å². The zero-order valence-corrected chi connectivity index (χ0v) is 21.6. The Bertz CT molecular complexity index is 1030. The molecule has 0 radical (unpaired) electrons. The molecule has 0 aliphatic rings. The molecule has 0 spiro atoms. The number of carbonyl (C=O) groups excluding carboxylic acids is 2. The maximum Gasteiger partial charge on any atom is 0.313 e. The van der Waals surface area contributed by atoms with E-state index in [4.69, 9.17) is 14.6 Å². The predicted molar refractivity (Wildman–Crippen MR) is 140 cm³/mol. The van der Waals surface area contributed by atoms with Crippen LogP contribution in [0.5, 0.6) is 0 Å². The van der Waals surface area contributed by atoms with E-state index >= 15 is 0 Å². The van der Waals surface area contributed by atoms with E-state index in [9.17, 15) is 9.59 Å². The van der Waals surface area contributed by atoms with Crippen molar-refractivity contribution in [1.82, 2.24) is 0 Å². The summed E-state index contributed by atoms with van der Waals surface area (Å²) in [5.74, 6) is -0.853. The first-order valence-corrected chi connectivity index (χ1v) is 12.4. The van der Waals surface area contributed by atoms with Crippen molar-refractivity contribution < 1.29 is 24.2 Å². The highest BCUT2D eigenvalue weighted by atomic mass is 16.6. The third-order valence-electron chi connectivity index (χ3n) is 6.77. The number of aliphatic hydroxyl groups excluding tert-OH is 1. The van der Waals surface area contributed by atoms with Crippen molar-refractivity contribution in [2.75, 3.05) is 13.2 Å². The van der Waals surface area contributed by atoms with Gasteiger partial charge in [0.2, 0.25) is 0 Å². The van der Waals surface area contributed by atoms with Crippen molar-refractivity contribution in [3.8, 4) is 0 Å². The van der Waals surface area contributed by atoms with E-state index in [0.29, 0.717) is 6.42 Å². The van der Waals surface area contributed by atoms with Gasteiger partial charge in [0.1, 0.15) is 6.61 Å². The Balaban J connectivity index is 2.11. The second kappa shape index (κ2) is 11.5. The summed E-state index contributed by atoms with van der Waals surface area (Å²) in [6.07, 6.45) is 0.699. The van der Waals surface area contributed by atoms with Gasteiger partial charge < -0.3 is 14.6 Å². The van der Waals surface area contributed by atoms with Gasteiger partial charge in [0.15, 0.2) is 5.60 Å². The van der Waals surface area contributed by atoms with Crippen LogP contribution in [0.2, 0.25) is 0 Å². The molecular weight excluding hydrogens is 452 g/mol. The molecule has 1 atom stereocenters. The molecule has 0 saturated carbocycles. The van der Waals surface area contributed by atoms with Crippen molar-refractivity contribution in [3.05, 3.63) is 108 Å². The second-order valence-electron chi connectivity index (χ2n) is 10.0. The van der Waals surface area contributed by atoms with Gasteiger partial charge in [0.05, 0.1) is 17.4 Å². The lowest BCUT2D eigenvalue weighted by Crippen LogP contribution is -2.43. The van der Waals surface area contributed by atoms with Crippen molar-refractivity contribution in [1.29, 1.82) is 0 Å². The molecule has 1 N–H and O–H groups in total. The van der Waals surface area contributed by atoms with Crippen LogP contribution in [0.15, 0.2) is 91.0 Å². The Morgan fingerprint density at radius 3 is 1.50 bits per heavy atom. The lowest BCUT2D eigenvalue weighted by atomic mass is 9.72. The number of benzene rings is 3. The third kappa shape index (κ3) is 5.68. The highest BCUT2D eigenvalue weighted by Crippen LogP contribution is 2.45. The van der Waals surface area contributed by atoms with Crippen LogP contribution in [0.25, 0.3) is 0 Å². The van der Waals surface area contributed by atoms with Crippen LogP contribution in [0, 0.1) is 10.8 Å². The van der Waals surface area contributed by atoms with Gasteiger partial charge >= 0.3 is 11.9 Å². The highest BCUT2D eigenvalue weighted by molar-refractivity contribution is 5.81. The van der Waals surface area contributed by atoms with Crippen molar-refractivity contribution in [2.45, 2.75) is 46.1 Å². The van der Waals surface area contributed by atoms with Crippen LogP contribution in [0.1, 0.15) is 57.2 Å². The minimum atomic E-state index is -1.18. The van der Waals surface area contributed by atoms with Gasteiger partial charge in [-0.2, -0.15) is 0 Å². The molecule has 0 fully saturated rings. The minimum absolute atomic E-state index is 0.0747. The Hall–Kier alpha value is -3.44. The number of ether oxygens (including phenoxy) is 2. The smallest absolute Gasteiger partial charge is 0.313 e. The molecule has 5 nitrogen and oxygen atoms in total. The molecule has 5 heteroatoms. The molecule has 3 rings (SSSR count). The van der Waals surface area contributed by atoms with Crippen LogP contribution in [-0.2, 0) is 24.7 Å². The monoisotopic (exact) mass is 488 g/mol. The molecular formula is C31H36O5. The molecule has 0 aromatic heterocycles. The van der Waals surface area contributed by atoms with E-state index in [2.05, 4.69) is 0 Å². The van der Waals surface area contributed by atoms with Crippen LogP contribution in [0.3, 0.4) is 0 Å². The molecule has 0 aliphatic carbocycles. The largest absolute Gasteiger partial charge is 0.463 e. The Morgan fingerprint density at radius 2 is 1.14 bits per heavy atom. The van der Waals surface area contributed by atoms with Gasteiger partial charge in [-0.25, -0.2) is 0 Å². The van der Waals surface area contributed by atoms with Gasteiger partial charge in [-0.05, 0) is 33.6 Å². The van der Waals surface area contributed by atoms with Gasteiger partial charge in [0.25, 0.3) is 0 Å². The van der Waals surface area contributed by atoms with E-state index in [1.807, 2.05) is 105 Å². The number of carbonyl (C=O) groups is 2. The number of hydrogen-bond acceptors (Lipinski definition) is 5. The molecule has 0 aliphatic heterocycles. The highest BCUT2D eigenvalue weighted by Gasteiger charge is 2.48. The van der Waals surface area contributed by atoms with E-state index in [1.165, 1.54) is 0 Å². The zero-order chi connectivity index (χ0) is 26.2. The number of hydrogen-bond donors (Lipinski definition) is 1. The maximum absolute atomic E-state index is 14.1. The first-order chi connectivity index (χ1) is 17.2. The first-order valence-electron chi connectivity index (χ1n) is 12.4. The second-order valence-corrected chi connectivity index (χ2v) is 10.0. The average molecular weight is 489 g/mol. The Labute approximate surface area is 214 Å². The summed E-state index contributed by atoms with van der Waals surface area (Å²) in [5, 5.41) is 9.05. The fourth-order valence-corrected chi connectivity index (χ4v) is 4.68. The Morgan fingerprint density at radius 1 is 0.722 bits per heavy atom. The molecule has 0 bridgehead atoms. The van der Waals surface area contributed by atoms with Gasteiger partial charge in [-0.15, -0.1) is 0 Å². The number of esters is 2. The lowest BCUT2D eigenvalue weighted by molar-refractivity contribution is -0.170. The van der Waals surface area contributed by atoms with E-state index in [-0.39, 0.29) is 19.6 Å². The predicted octanol–water partition coefficient (Wildman–Crippen LogP) is 5.89. The van der Waals surface area contributed by atoms with E-state index in [1.54, 1.807) is 13.8 Å². The van der Waals surface area contributed by atoms with Crippen molar-refractivity contribution in [3.63, 3.8) is 0 Å².